The molecule has 1 aliphatic heterocycles. The highest BCUT2D eigenvalue weighted by molar-refractivity contribution is 6.04. The van der Waals surface area contributed by atoms with Crippen molar-refractivity contribution in [3.05, 3.63) is 29.8 Å². The Labute approximate surface area is 107 Å². The van der Waals surface area contributed by atoms with Crippen molar-refractivity contribution in [1.29, 1.82) is 0 Å². The number of amides is 1. The largest absolute Gasteiger partial charge is 0.493 e. The van der Waals surface area contributed by atoms with Crippen LogP contribution in [0.2, 0.25) is 0 Å². The molecule has 1 heterocycles. The van der Waals surface area contributed by atoms with Crippen LogP contribution in [0.15, 0.2) is 29.4 Å². The SMILES string of the molecule is CC(C)COc1ccc(C2=NNC(=O)CC2)cc1. The molecule has 4 heteroatoms. The molecule has 1 aromatic carbocycles. The molecule has 0 atom stereocenters. The lowest BCUT2D eigenvalue weighted by Gasteiger charge is -2.13. The average molecular weight is 246 g/mol. The van der Waals surface area contributed by atoms with Gasteiger partial charge in [0.25, 0.3) is 0 Å². The summed E-state index contributed by atoms with van der Waals surface area (Å²) in [6, 6.07) is 7.84. The summed E-state index contributed by atoms with van der Waals surface area (Å²) in [7, 11) is 0. The number of ether oxygens (including phenoxy) is 1. The first kappa shape index (κ1) is 12.6. The summed E-state index contributed by atoms with van der Waals surface area (Å²) in [5, 5.41) is 4.06. The number of rotatable bonds is 4. The van der Waals surface area contributed by atoms with Crippen molar-refractivity contribution in [2.75, 3.05) is 6.61 Å². The average Bonchev–Trinajstić information content (AvgIpc) is 2.38. The molecule has 1 amide bonds. The lowest BCUT2D eigenvalue weighted by Crippen LogP contribution is -2.25. The third kappa shape index (κ3) is 3.32. The van der Waals surface area contributed by atoms with Gasteiger partial charge in [0, 0.05) is 12.8 Å². The quantitative estimate of drug-likeness (QED) is 0.886. The van der Waals surface area contributed by atoms with E-state index < -0.39 is 0 Å². The van der Waals surface area contributed by atoms with Gasteiger partial charge in [-0.15, -0.1) is 0 Å². The highest BCUT2D eigenvalue weighted by atomic mass is 16.5. The molecule has 2 rings (SSSR count). The van der Waals surface area contributed by atoms with Crippen molar-refractivity contribution in [3.8, 4) is 5.75 Å². The lowest BCUT2D eigenvalue weighted by atomic mass is 10.0. The van der Waals surface area contributed by atoms with Gasteiger partial charge in [0.2, 0.25) is 5.91 Å². The smallest absolute Gasteiger partial charge is 0.240 e. The molecule has 0 aliphatic carbocycles. The molecule has 0 bridgehead atoms. The topological polar surface area (TPSA) is 50.7 Å². The van der Waals surface area contributed by atoms with E-state index in [1.807, 2.05) is 24.3 Å². The zero-order valence-corrected chi connectivity index (χ0v) is 10.8. The van der Waals surface area contributed by atoms with Gasteiger partial charge in [-0.25, -0.2) is 5.43 Å². The summed E-state index contributed by atoms with van der Waals surface area (Å²) < 4.78 is 5.62. The Morgan fingerprint density at radius 2 is 2.00 bits per heavy atom. The van der Waals surface area contributed by atoms with Crippen LogP contribution in [0.5, 0.6) is 5.75 Å². The molecule has 0 spiro atoms. The number of carbonyl (C=O) groups excluding carboxylic acids is 1. The number of hydrogen-bond donors (Lipinski definition) is 1. The molecule has 0 radical (unpaired) electrons. The van der Waals surface area contributed by atoms with Gasteiger partial charge in [0.15, 0.2) is 0 Å². The van der Waals surface area contributed by atoms with E-state index in [0.29, 0.717) is 18.8 Å². The van der Waals surface area contributed by atoms with Gasteiger partial charge in [-0.1, -0.05) is 13.8 Å². The Morgan fingerprint density at radius 1 is 1.28 bits per heavy atom. The zero-order chi connectivity index (χ0) is 13.0. The van der Waals surface area contributed by atoms with Crippen LogP contribution in [-0.4, -0.2) is 18.2 Å². The van der Waals surface area contributed by atoms with Gasteiger partial charge < -0.3 is 4.74 Å². The van der Waals surface area contributed by atoms with E-state index in [4.69, 9.17) is 4.74 Å². The van der Waals surface area contributed by atoms with Crippen molar-refractivity contribution in [2.45, 2.75) is 26.7 Å². The first-order valence-corrected chi connectivity index (χ1v) is 6.24. The fourth-order valence-electron chi connectivity index (χ4n) is 1.69. The van der Waals surface area contributed by atoms with Crippen LogP contribution in [0.3, 0.4) is 0 Å². The van der Waals surface area contributed by atoms with Crippen LogP contribution in [0.4, 0.5) is 0 Å². The summed E-state index contributed by atoms with van der Waals surface area (Å²) in [4.78, 5) is 11.0. The van der Waals surface area contributed by atoms with E-state index >= 15 is 0 Å². The first-order valence-electron chi connectivity index (χ1n) is 6.24. The van der Waals surface area contributed by atoms with Gasteiger partial charge in [-0.3, -0.25) is 4.79 Å². The van der Waals surface area contributed by atoms with E-state index in [1.54, 1.807) is 0 Å². The fraction of sp³-hybridized carbons (Fsp3) is 0.429. The molecule has 18 heavy (non-hydrogen) atoms. The molecule has 0 unspecified atom stereocenters. The van der Waals surface area contributed by atoms with Gasteiger partial charge >= 0.3 is 0 Å². The van der Waals surface area contributed by atoms with Crippen molar-refractivity contribution < 1.29 is 9.53 Å². The van der Waals surface area contributed by atoms with Gasteiger partial charge in [0.1, 0.15) is 5.75 Å². The van der Waals surface area contributed by atoms with Crippen molar-refractivity contribution in [3.63, 3.8) is 0 Å². The fourth-order valence-corrected chi connectivity index (χ4v) is 1.69. The van der Waals surface area contributed by atoms with Crippen LogP contribution in [0.1, 0.15) is 32.3 Å². The van der Waals surface area contributed by atoms with Gasteiger partial charge in [0.05, 0.1) is 12.3 Å². The van der Waals surface area contributed by atoms with Crippen molar-refractivity contribution >= 4 is 11.6 Å². The Balaban J connectivity index is 2.01. The number of carbonyl (C=O) groups is 1. The van der Waals surface area contributed by atoms with Crippen molar-refractivity contribution in [2.24, 2.45) is 11.0 Å². The maximum atomic E-state index is 11.0. The van der Waals surface area contributed by atoms with E-state index in [-0.39, 0.29) is 5.91 Å². The second kappa shape index (κ2) is 5.67. The monoisotopic (exact) mass is 246 g/mol. The standard InChI is InChI=1S/C14H18N2O2/c1-10(2)9-18-12-5-3-11(4-6-12)13-7-8-14(17)16-15-13/h3-6,10H,7-9H2,1-2H3,(H,16,17). The second-order valence-electron chi connectivity index (χ2n) is 4.82. The lowest BCUT2D eigenvalue weighted by molar-refractivity contribution is -0.121. The number of nitrogens with zero attached hydrogens (tertiary/aromatic N) is 1. The minimum absolute atomic E-state index is 0.0179. The summed E-state index contributed by atoms with van der Waals surface area (Å²) in [6.07, 6.45) is 1.20. The molecule has 4 nitrogen and oxygen atoms in total. The highest BCUT2D eigenvalue weighted by Gasteiger charge is 2.12. The maximum Gasteiger partial charge on any atom is 0.240 e. The summed E-state index contributed by atoms with van der Waals surface area (Å²) in [5.74, 6) is 1.37. The van der Waals surface area contributed by atoms with E-state index in [1.165, 1.54) is 0 Å². The molecule has 0 fully saturated rings. The Kier molecular flexibility index (Phi) is 3.97. The van der Waals surface area contributed by atoms with Crippen molar-refractivity contribution in [1.82, 2.24) is 5.43 Å². The molecule has 96 valence electrons. The molecule has 1 N–H and O–H groups in total. The van der Waals surface area contributed by atoms with Crippen LogP contribution in [0.25, 0.3) is 0 Å². The normalized spacial score (nSPS) is 15.3. The third-order valence-corrected chi connectivity index (χ3v) is 2.68. The minimum Gasteiger partial charge on any atom is -0.493 e. The van der Waals surface area contributed by atoms with E-state index in [9.17, 15) is 4.79 Å². The number of hydrogen-bond acceptors (Lipinski definition) is 3. The van der Waals surface area contributed by atoms with Crippen LogP contribution >= 0.6 is 0 Å². The molecule has 0 saturated carbocycles. The van der Waals surface area contributed by atoms with Gasteiger partial charge in [-0.05, 0) is 35.7 Å². The van der Waals surface area contributed by atoms with E-state index in [0.717, 1.165) is 23.6 Å². The molecular formula is C14H18N2O2. The van der Waals surface area contributed by atoms with Crippen LogP contribution < -0.4 is 10.2 Å². The first-order chi connectivity index (χ1) is 8.65. The molecule has 1 aliphatic rings. The summed E-state index contributed by atoms with van der Waals surface area (Å²) in [5.41, 5.74) is 4.46. The molecule has 0 saturated heterocycles. The number of nitrogens with one attached hydrogen (secondary N) is 1. The Hall–Kier alpha value is -1.84. The highest BCUT2D eigenvalue weighted by Crippen LogP contribution is 2.16. The zero-order valence-electron chi connectivity index (χ0n) is 10.8. The summed E-state index contributed by atoms with van der Waals surface area (Å²) in [6.45, 7) is 4.96. The van der Waals surface area contributed by atoms with Crippen LogP contribution in [-0.2, 0) is 4.79 Å². The predicted octanol–water partition coefficient (Wildman–Crippen LogP) is 2.34. The van der Waals surface area contributed by atoms with E-state index in [2.05, 4.69) is 24.4 Å². The van der Waals surface area contributed by atoms with Crippen LogP contribution in [0, 0.1) is 5.92 Å². The predicted molar refractivity (Wildman–Crippen MR) is 70.7 cm³/mol. The number of hydrazone groups is 1. The Bertz CT molecular complexity index is 449. The maximum absolute atomic E-state index is 11.0. The molecule has 1 aromatic rings. The van der Waals surface area contributed by atoms with Gasteiger partial charge in [-0.2, -0.15) is 5.10 Å². The summed E-state index contributed by atoms with van der Waals surface area (Å²) >= 11 is 0. The molecule has 0 aromatic heterocycles. The minimum atomic E-state index is -0.0179. The second-order valence-corrected chi connectivity index (χ2v) is 4.82. The molecular weight excluding hydrogens is 228 g/mol. The number of benzene rings is 1. The Morgan fingerprint density at radius 3 is 2.56 bits per heavy atom. The third-order valence-electron chi connectivity index (χ3n) is 2.68.